The zero-order valence-corrected chi connectivity index (χ0v) is 37.0. The highest BCUT2D eigenvalue weighted by molar-refractivity contribution is 5.70. The summed E-state index contributed by atoms with van der Waals surface area (Å²) in [6, 6.07) is 0. The summed E-state index contributed by atoms with van der Waals surface area (Å²) < 4.78 is 33.3. The average Bonchev–Trinajstić information content (AvgIpc) is 4.06. The van der Waals surface area contributed by atoms with Gasteiger partial charge < -0.3 is 33.3 Å². The molecule has 0 aliphatic heterocycles. The molecule has 11 nitrogen and oxygen atoms in total. The van der Waals surface area contributed by atoms with Gasteiger partial charge >= 0.3 is 24.1 Å². The van der Waals surface area contributed by atoms with Crippen LogP contribution in [0.4, 0.5) is 4.79 Å². The number of ether oxygens (including phenoxy) is 6. The van der Waals surface area contributed by atoms with E-state index in [0.29, 0.717) is 38.2 Å². The molecule has 1 saturated carbocycles. The first-order valence-corrected chi connectivity index (χ1v) is 23.4. The summed E-state index contributed by atoms with van der Waals surface area (Å²) in [6.07, 6.45) is 25.0. The van der Waals surface area contributed by atoms with Gasteiger partial charge in [-0.1, -0.05) is 124 Å². The third kappa shape index (κ3) is 33.2. The van der Waals surface area contributed by atoms with Crippen LogP contribution in [-0.4, -0.2) is 94.3 Å². The fourth-order valence-corrected chi connectivity index (χ4v) is 6.78. The fourth-order valence-electron chi connectivity index (χ4n) is 6.78. The lowest BCUT2D eigenvalue weighted by Crippen LogP contribution is -2.27. The second-order valence-electron chi connectivity index (χ2n) is 16.0. The Morgan fingerprint density at radius 3 is 1.49 bits per heavy atom. The van der Waals surface area contributed by atoms with Gasteiger partial charge in [0.15, 0.2) is 0 Å². The number of hydrogen-bond acceptors (Lipinski definition) is 11. The lowest BCUT2D eigenvalue weighted by Gasteiger charge is -2.19. The zero-order valence-electron chi connectivity index (χ0n) is 37.0. The molecule has 0 bridgehead atoms. The van der Waals surface area contributed by atoms with Crippen LogP contribution in [-0.2, 0) is 42.8 Å². The summed E-state index contributed by atoms with van der Waals surface area (Å²) in [4.78, 5) is 51.8. The maximum Gasteiger partial charge on any atom is 0.508 e. The van der Waals surface area contributed by atoms with E-state index in [1.54, 1.807) is 0 Å². The molecule has 0 heterocycles. The summed E-state index contributed by atoms with van der Waals surface area (Å²) in [6.45, 7) is 12.7. The summed E-state index contributed by atoms with van der Waals surface area (Å²) in [5.74, 6) is -0.687. The molecular weight excluding hydrogens is 727 g/mol. The molecule has 11 heteroatoms. The summed E-state index contributed by atoms with van der Waals surface area (Å²) in [5.41, 5.74) is 0. The van der Waals surface area contributed by atoms with Crippen LogP contribution in [0.25, 0.3) is 0 Å². The van der Waals surface area contributed by atoms with Gasteiger partial charge in [-0.25, -0.2) is 4.79 Å². The smallest absolute Gasteiger partial charge is 0.466 e. The SMILES string of the molecule is CCCCCCCCOC(CCC(=O)OCC(COC(=O)CCCCCCCCCCC(=O)OCCCCCCC)COC(=O)OCCCN(CC)CC)C1CC1. The van der Waals surface area contributed by atoms with Crippen molar-refractivity contribution in [3.05, 3.63) is 0 Å². The van der Waals surface area contributed by atoms with Crippen LogP contribution in [0.15, 0.2) is 0 Å². The van der Waals surface area contributed by atoms with Crippen molar-refractivity contribution >= 4 is 24.1 Å². The van der Waals surface area contributed by atoms with E-state index in [4.69, 9.17) is 28.4 Å². The lowest BCUT2D eigenvalue weighted by atomic mass is 10.1. The minimum Gasteiger partial charge on any atom is -0.466 e. The number of carbonyl (C=O) groups excluding carboxylic acids is 4. The van der Waals surface area contributed by atoms with Gasteiger partial charge in [0.1, 0.15) is 19.8 Å². The van der Waals surface area contributed by atoms with Gasteiger partial charge in [0.25, 0.3) is 0 Å². The molecule has 0 radical (unpaired) electrons. The quantitative estimate of drug-likeness (QED) is 0.0332. The van der Waals surface area contributed by atoms with Gasteiger partial charge in [0.2, 0.25) is 0 Å². The van der Waals surface area contributed by atoms with E-state index >= 15 is 0 Å². The second-order valence-corrected chi connectivity index (χ2v) is 16.0. The molecule has 0 amide bonds. The van der Waals surface area contributed by atoms with E-state index in [9.17, 15) is 19.2 Å². The van der Waals surface area contributed by atoms with Crippen molar-refractivity contribution in [3.63, 3.8) is 0 Å². The van der Waals surface area contributed by atoms with Crippen LogP contribution in [0.1, 0.15) is 195 Å². The highest BCUT2D eigenvalue weighted by atomic mass is 16.7. The molecule has 0 spiro atoms. The highest BCUT2D eigenvalue weighted by Gasteiger charge is 2.32. The third-order valence-corrected chi connectivity index (χ3v) is 10.8. The number of nitrogens with zero attached hydrogens (tertiary/aromatic N) is 1. The number of unbranched alkanes of at least 4 members (excludes halogenated alkanes) is 16. The first kappa shape index (κ1) is 52.6. The Bertz CT molecular complexity index is 986. The summed E-state index contributed by atoms with van der Waals surface area (Å²) in [5, 5.41) is 0. The van der Waals surface area contributed by atoms with Crippen molar-refractivity contribution in [2.75, 3.05) is 59.3 Å². The van der Waals surface area contributed by atoms with Crippen molar-refractivity contribution in [2.24, 2.45) is 11.8 Å². The van der Waals surface area contributed by atoms with Crippen molar-refractivity contribution < 1.29 is 47.6 Å². The van der Waals surface area contributed by atoms with Crippen LogP contribution in [0, 0.1) is 11.8 Å². The van der Waals surface area contributed by atoms with Crippen LogP contribution >= 0.6 is 0 Å². The number of esters is 3. The van der Waals surface area contributed by atoms with Crippen LogP contribution in [0.5, 0.6) is 0 Å². The fraction of sp³-hybridized carbons (Fsp3) is 0.913. The molecule has 1 rings (SSSR count). The summed E-state index contributed by atoms with van der Waals surface area (Å²) >= 11 is 0. The Morgan fingerprint density at radius 1 is 0.491 bits per heavy atom. The normalized spacial score (nSPS) is 13.6. The molecule has 334 valence electrons. The van der Waals surface area contributed by atoms with Gasteiger partial charge in [-0.2, -0.15) is 0 Å². The van der Waals surface area contributed by atoms with Crippen molar-refractivity contribution in [3.8, 4) is 0 Å². The monoisotopic (exact) mass is 812 g/mol. The maximum absolute atomic E-state index is 12.8. The van der Waals surface area contributed by atoms with E-state index in [1.807, 2.05) is 0 Å². The molecule has 0 saturated heterocycles. The highest BCUT2D eigenvalue weighted by Crippen LogP contribution is 2.36. The maximum atomic E-state index is 12.8. The average molecular weight is 812 g/mol. The molecule has 1 aliphatic rings. The third-order valence-electron chi connectivity index (χ3n) is 10.8. The molecule has 0 N–H and O–H groups in total. The second kappa shape index (κ2) is 37.8. The van der Waals surface area contributed by atoms with Crippen molar-refractivity contribution in [1.82, 2.24) is 4.90 Å². The molecule has 0 aromatic carbocycles. The molecule has 2 atom stereocenters. The lowest BCUT2D eigenvalue weighted by molar-refractivity contribution is -0.150. The van der Waals surface area contributed by atoms with Gasteiger partial charge in [0, 0.05) is 32.4 Å². The van der Waals surface area contributed by atoms with Crippen LogP contribution < -0.4 is 0 Å². The van der Waals surface area contributed by atoms with Crippen molar-refractivity contribution in [2.45, 2.75) is 201 Å². The van der Waals surface area contributed by atoms with Gasteiger partial charge in [0.05, 0.1) is 25.2 Å². The van der Waals surface area contributed by atoms with Gasteiger partial charge in [-0.05, 0) is 70.4 Å². The van der Waals surface area contributed by atoms with Crippen LogP contribution in [0.2, 0.25) is 0 Å². The first-order chi connectivity index (χ1) is 27.8. The number of carbonyl (C=O) groups is 4. The predicted octanol–water partition coefficient (Wildman–Crippen LogP) is 10.9. The Balaban J connectivity index is 2.34. The Morgan fingerprint density at radius 2 is 0.947 bits per heavy atom. The Labute approximate surface area is 347 Å². The predicted molar refractivity (Wildman–Crippen MR) is 226 cm³/mol. The van der Waals surface area contributed by atoms with Gasteiger partial charge in [-0.15, -0.1) is 0 Å². The standard InChI is InChI=1S/C46H85NO10/c1-5-9-11-13-21-24-34-52-42(41-29-30-41)31-32-45(50)56-38-40(39-57-46(51)54-36-26-33-47(7-3)8-4)37-55-44(49)28-23-19-17-15-14-16-18-22-27-43(48)53-35-25-20-12-10-6-2/h40-42H,5-39H2,1-4H3. The Hall–Kier alpha value is -2.40. The van der Waals surface area contributed by atoms with E-state index in [-0.39, 0.29) is 56.9 Å². The molecule has 1 fully saturated rings. The van der Waals surface area contributed by atoms with E-state index in [0.717, 1.165) is 110 Å². The largest absolute Gasteiger partial charge is 0.508 e. The van der Waals surface area contributed by atoms with Gasteiger partial charge in [-0.3, -0.25) is 14.4 Å². The van der Waals surface area contributed by atoms with Crippen molar-refractivity contribution in [1.29, 1.82) is 0 Å². The topological polar surface area (TPSA) is 127 Å². The van der Waals surface area contributed by atoms with E-state index in [2.05, 4.69) is 32.6 Å². The molecule has 0 aromatic heterocycles. The zero-order chi connectivity index (χ0) is 41.6. The first-order valence-electron chi connectivity index (χ1n) is 23.4. The van der Waals surface area contributed by atoms with E-state index < -0.39 is 12.1 Å². The minimum absolute atomic E-state index is 0.0140. The summed E-state index contributed by atoms with van der Waals surface area (Å²) in [7, 11) is 0. The minimum atomic E-state index is -0.780. The molecular formula is C46H85NO10. The van der Waals surface area contributed by atoms with E-state index in [1.165, 1.54) is 51.4 Å². The van der Waals surface area contributed by atoms with Crippen LogP contribution in [0.3, 0.4) is 0 Å². The number of hydrogen-bond donors (Lipinski definition) is 0. The molecule has 57 heavy (non-hydrogen) atoms. The molecule has 2 unspecified atom stereocenters. The Kier molecular flexibility index (Phi) is 34.9. The number of rotatable bonds is 41. The molecule has 0 aromatic rings. The molecule has 1 aliphatic carbocycles.